The van der Waals surface area contributed by atoms with Crippen molar-refractivity contribution < 1.29 is 5.11 Å². The maximum atomic E-state index is 13.1. The number of hydrogen-bond donors (Lipinski definition) is 1. The zero-order valence-electron chi connectivity index (χ0n) is 16.4. The minimum Gasteiger partial charge on any atom is -0.393 e. The van der Waals surface area contributed by atoms with E-state index >= 15 is 0 Å². The third-order valence-electron chi connectivity index (χ3n) is 5.51. The van der Waals surface area contributed by atoms with Crippen molar-refractivity contribution in [3.8, 4) is 0 Å². The molecule has 1 aromatic carbocycles. The number of fused-ring (bicyclic) bond motifs is 3. The van der Waals surface area contributed by atoms with Crippen LogP contribution in [0.25, 0.3) is 16.7 Å². The Morgan fingerprint density at radius 2 is 1.96 bits per heavy atom. The van der Waals surface area contributed by atoms with Gasteiger partial charge >= 0.3 is 0 Å². The molecule has 0 atom stereocenters. The Bertz CT molecular complexity index is 1110. The fourth-order valence-corrected chi connectivity index (χ4v) is 4.08. The summed E-state index contributed by atoms with van der Waals surface area (Å²) in [5.74, 6) is 1.09. The largest absolute Gasteiger partial charge is 0.393 e. The number of benzene rings is 1. The minimum atomic E-state index is -0.213. The fraction of sp³-hybridized carbons (Fsp3) is 0.550. The topological polar surface area (TPSA) is 67.7 Å². The second kappa shape index (κ2) is 7.77. The van der Waals surface area contributed by atoms with E-state index in [1.807, 2.05) is 28.7 Å². The first kappa shape index (κ1) is 19.3. The van der Waals surface area contributed by atoms with Crippen molar-refractivity contribution in [2.24, 2.45) is 5.92 Å². The van der Waals surface area contributed by atoms with Gasteiger partial charge < -0.3 is 5.11 Å². The van der Waals surface area contributed by atoms with Crippen molar-refractivity contribution in [2.75, 3.05) is 13.1 Å². The van der Waals surface area contributed by atoms with Crippen molar-refractivity contribution >= 4 is 28.9 Å². The average Bonchev–Trinajstić information content (AvgIpc) is 2.99. The van der Waals surface area contributed by atoms with Gasteiger partial charge in [-0.3, -0.25) is 18.7 Å². The van der Waals surface area contributed by atoms with Crippen LogP contribution in [-0.2, 0) is 13.2 Å². The van der Waals surface area contributed by atoms with E-state index in [0.29, 0.717) is 35.1 Å². The molecule has 0 amide bonds. The van der Waals surface area contributed by atoms with Crippen LogP contribution in [-0.4, -0.2) is 47.9 Å². The number of aryl methyl sites for hydroxylation is 1. The lowest BCUT2D eigenvalue weighted by atomic mass is 10.1. The van der Waals surface area contributed by atoms with Gasteiger partial charge in [0.2, 0.25) is 10.5 Å². The normalized spacial score (nSPS) is 16.6. The highest BCUT2D eigenvalue weighted by Crippen LogP contribution is 2.17. The van der Waals surface area contributed by atoms with Crippen molar-refractivity contribution in [3.63, 3.8) is 0 Å². The molecule has 1 aliphatic heterocycles. The predicted molar refractivity (Wildman–Crippen MR) is 112 cm³/mol. The lowest BCUT2D eigenvalue weighted by Gasteiger charge is -2.28. The zero-order chi connectivity index (χ0) is 19.8. The van der Waals surface area contributed by atoms with Gasteiger partial charge in [-0.25, -0.2) is 4.68 Å². The van der Waals surface area contributed by atoms with Gasteiger partial charge in [-0.1, -0.05) is 26.0 Å². The molecule has 0 saturated carbocycles. The smallest absolute Gasteiger partial charge is 0.262 e. The number of hydrogen-bond acceptors (Lipinski definition) is 5. The molecule has 28 heavy (non-hydrogen) atoms. The molecule has 0 aliphatic carbocycles. The molecule has 1 saturated heterocycles. The van der Waals surface area contributed by atoms with Gasteiger partial charge in [0.15, 0.2) is 0 Å². The molecule has 3 aromatic rings. The first-order valence-corrected chi connectivity index (χ1v) is 10.4. The van der Waals surface area contributed by atoms with Gasteiger partial charge in [-0.15, -0.1) is 5.10 Å². The summed E-state index contributed by atoms with van der Waals surface area (Å²) < 4.78 is 6.08. The van der Waals surface area contributed by atoms with E-state index in [-0.39, 0.29) is 11.7 Å². The number of aliphatic hydroxyl groups excluding tert-OH is 1. The maximum absolute atomic E-state index is 13.1. The number of rotatable bonds is 5. The van der Waals surface area contributed by atoms with Crippen molar-refractivity contribution in [1.29, 1.82) is 0 Å². The Morgan fingerprint density at radius 3 is 2.68 bits per heavy atom. The molecule has 7 nitrogen and oxygen atoms in total. The van der Waals surface area contributed by atoms with Crippen LogP contribution in [0.3, 0.4) is 0 Å². The molecular weight excluding hydrogens is 374 g/mol. The van der Waals surface area contributed by atoms with E-state index in [4.69, 9.17) is 17.3 Å². The third kappa shape index (κ3) is 3.52. The monoisotopic (exact) mass is 401 g/mol. The predicted octanol–water partition coefficient (Wildman–Crippen LogP) is 2.64. The standard InChI is InChI=1S/C20H27N5O2S/c1-14(2)7-12-23-18(27)16-5-3-4-6-17(16)25-19(23)21-24(20(25)28)13-22-10-8-15(26)9-11-22/h3-6,14-15,26H,7-13H2,1-2H3. The van der Waals surface area contributed by atoms with Crippen LogP contribution in [0.15, 0.2) is 29.1 Å². The molecule has 0 spiro atoms. The van der Waals surface area contributed by atoms with Crippen LogP contribution < -0.4 is 5.56 Å². The van der Waals surface area contributed by atoms with Crippen LogP contribution in [0, 0.1) is 10.7 Å². The van der Waals surface area contributed by atoms with E-state index in [2.05, 4.69) is 18.7 Å². The van der Waals surface area contributed by atoms with E-state index in [0.717, 1.165) is 37.9 Å². The number of aliphatic hydroxyl groups is 1. The molecule has 1 fully saturated rings. The van der Waals surface area contributed by atoms with E-state index in [9.17, 15) is 9.90 Å². The first-order chi connectivity index (χ1) is 13.5. The summed E-state index contributed by atoms with van der Waals surface area (Å²) in [5, 5.41) is 15.2. The Morgan fingerprint density at radius 1 is 1.25 bits per heavy atom. The number of piperidine rings is 1. The van der Waals surface area contributed by atoms with E-state index in [1.54, 1.807) is 9.25 Å². The second-order valence-corrected chi connectivity index (χ2v) is 8.43. The lowest BCUT2D eigenvalue weighted by Crippen LogP contribution is -2.37. The summed E-state index contributed by atoms with van der Waals surface area (Å²) in [5.41, 5.74) is 0.783. The van der Waals surface area contributed by atoms with Gasteiger partial charge in [0.05, 0.1) is 23.7 Å². The SMILES string of the molecule is CC(C)CCn1c(=O)c2ccccc2n2c(=S)n(CN3CCC(O)CC3)nc12. The highest BCUT2D eigenvalue weighted by molar-refractivity contribution is 7.71. The van der Waals surface area contributed by atoms with E-state index < -0.39 is 0 Å². The Kier molecular flexibility index (Phi) is 5.35. The molecule has 3 heterocycles. The van der Waals surface area contributed by atoms with Gasteiger partial charge in [0.1, 0.15) is 0 Å². The summed E-state index contributed by atoms with van der Waals surface area (Å²) >= 11 is 5.76. The molecule has 8 heteroatoms. The van der Waals surface area contributed by atoms with Crippen molar-refractivity contribution in [3.05, 3.63) is 39.4 Å². The molecule has 1 N–H and O–H groups in total. The molecular formula is C20H27N5O2S. The van der Waals surface area contributed by atoms with Gasteiger partial charge in [0, 0.05) is 19.6 Å². The number of nitrogens with zero attached hydrogens (tertiary/aromatic N) is 5. The van der Waals surface area contributed by atoms with E-state index in [1.165, 1.54) is 0 Å². The molecule has 4 rings (SSSR count). The number of likely N-dealkylation sites (tertiary alicyclic amines) is 1. The van der Waals surface area contributed by atoms with Gasteiger partial charge in [0.25, 0.3) is 5.56 Å². The van der Waals surface area contributed by atoms with Gasteiger partial charge in [-0.2, -0.15) is 0 Å². The Hall–Kier alpha value is -2.03. The molecule has 0 unspecified atom stereocenters. The van der Waals surface area contributed by atoms with Crippen LogP contribution in [0.5, 0.6) is 0 Å². The fourth-order valence-electron chi connectivity index (χ4n) is 3.80. The average molecular weight is 402 g/mol. The molecule has 0 radical (unpaired) electrons. The van der Waals surface area contributed by atoms with Crippen LogP contribution >= 0.6 is 12.2 Å². The van der Waals surface area contributed by atoms with Crippen LogP contribution in [0.4, 0.5) is 0 Å². The summed E-state index contributed by atoms with van der Waals surface area (Å²) in [6, 6.07) is 7.59. The highest BCUT2D eigenvalue weighted by atomic mass is 32.1. The molecule has 2 aromatic heterocycles. The summed E-state index contributed by atoms with van der Waals surface area (Å²) in [4.78, 5) is 15.4. The second-order valence-electron chi connectivity index (χ2n) is 8.06. The lowest BCUT2D eigenvalue weighted by molar-refractivity contribution is 0.0651. The van der Waals surface area contributed by atoms with Crippen LogP contribution in [0.2, 0.25) is 0 Å². The summed E-state index contributed by atoms with van der Waals surface area (Å²) in [6.45, 7) is 7.12. The summed E-state index contributed by atoms with van der Waals surface area (Å²) in [6.07, 6.45) is 2.22. The zero-order valence-corrected chi connectivity index (χ0v) is 17.2. The highest BCUT2D eigenvalue weighted by Gasteiger charge is 2.20. The summed E-state index contributed by atoms with van der Waals surface area (Å²) in [7, 11) is 0. The number of aromatic nitrogens is 4. The Balaban J connectivity index is 1.84. The van der Waals surface area contributed by atoms with Crippen LogP contribution in [0.1, 0.15) is 33.1 Å². The van der Waals surface area contributed by atoms with Crippen molar-refractivity contribution in [1.82, 2.24) is 23.6 Å². The quantitative estimate of drug-likeness (QED) is 0.666. The molecule has 150 valence electrons. The number of para-hydroxylation sites is 1. The third-order valence-corrected chi connectivity index (χ3v) is 5.90. The molecule has 1 aliphatic rings. The van der Waals surface area contributed by atoms with Crippen molar-refractivity contribution in [2.45, 2.75) is 52.4 Å². The minimum absolute atomic E-state index is 0.0167. The Labute approximate surface area is 168 Å². The first-order valence-electron chi connectivity index (χ1n) is 9.97. The molecule has 0 bridgehead atoms. The maximum Gasteiger partial charge on any atom is 0.262 e. The van der Waals surface area contributed by atoms with Gasteiger partial charge in [-0.05, 0) is 49.5 Å².